The maximum Gasteiger partial charge on any atom is 0.297 e. The zero-order valence-corrected chi connectivity index (χ0v) is 13.3. The third-order valence-corrected chi connectivity index (χ3v) is 4.66. The average Bonchev–Trinajstić information content (AvgIpc) is 3.17. The Balaban J connectivity index is 1.49. The van der Waals surface area contributed by atoms with Crippen molar-refractivity contribution in [3.63, 3.8) is 0 Å². The van der Waals surface area contributed by atoms with Crippen molar-refractivity contribution in [1.29, 1.82) is 0 Å². The molecule has 0 amide bonds. The minimum Gasteiger partial charge on any atom is -0.432 e. The summed E-state index contributed by atoms with van der Waals surface area (Å²) < 4.78 is 5.65. The highest BCUT2D eigenvalue weighted by molar-refractivity contribution is 5.28. The molecule has 1 saturated heterocycles. The zero-order chi connectivity index (χ0) is 14.7. The van der Waals surface area contributed by atoms with E-state index in [0.717, 1.165) is 50.5 Å². The van der Waals surface area contributed by atoms with Gasteiger partial charge in [0.25, 0.3) is 6.01 Å². The molecule has 2 fully saturated rings. The van der Waals surface area contributed by atoms with Crippen molar-refractivity contribution in [1.82, 2.24) is 15.2 Å². The molecule has 1 aromatic heterocycles. The van der Waals surface area contributed by atoms with Gasteiger partial charge in [-0.3, -0.25) is 4.90 Å². The number of anilines is 1. The van der Waals surface area contributed by atoms with Crippen LogP contribution in [-0.2, 0) is 6.54 Å². The van der Waals surface area contributed by atoms with E-state index >= 15 is 0 Å². The van der Waals surface area contributed by atoms with E-state index in [4.69, 9.17) is 4.42 Å². The fourth-order valence-electron chi connectivity index (χ4n) is 3.38. The van der Waals surface area contributed by atoms with Crippen LogP contribution in [0, 0.1) is 0 Å². The van der Waals surface area contributed by atoms with E-state index in [0.29, 0.717) is 6.04 Å². The van der Waals surface area contributed by atoms with E-state index in [-0.39, 0.29) is 0 Å². The number of rotatable bonds is 5. The summed E-state index contributed by atoms with van der Waals surface area (Å²) in [6, 6.07) is 2.10. The highest BCUT2D eigenvalue weighted by Gasteiger charge is 2.27. The van der Waals surface area contributed by atoms with Crippen LogP contribution in [-0.4, -0.2) is 48.1 Å². The van der Waals surface area contributed by atoms with Crippen LogP contribution in [0.5, 0.6) is 0 Å². The number of hydrogen-bond donors (Lipinski definition) is 1. The van der Waals surface area contributed by atoms with Crippen molar-refractivity contribution in [2.24, 2.45) is 0 Å². The molecule has 5 nitrogen and oxygen atoms in total. The van der Waals surface area contributed by atoms with E-state index in [1.165, 1.54) is 25.7 Å². The molecule has 0 unspecified atom stereocenters. The SMILES string of the molecule is CC(C)NCc1coc(N2CCN(C3CCCC3)CC2)n1. The van der Waals surface area contributed by atoms with E-state index in [2.05, 4.69) is 33.9 Å². The Hall–Kier alpha value is -1.07. The van der Waals surface area contributed by atoms with Gasteiger partial charge < -0.3 is 14.6 Å². The Labute approximate surface area is 127 Å². The molecule has 1 aromatic rings. The summed E-state index contributed by atoms with van der Waals surface area (Å²) in [6.45, 7) is 9.43. The molecular formula is C16H28N4O. The monoisotopic (exact) mass is 292 g/mol. The van der Waals surface area contributed by atoms with Gasteiger partial charge in [0, 0.05) is 44.8 Å². The number of oxazole rings is 1. The first-order valence-electron chi connectivity index (χ1n) is 8.39. The van der Waals surface area contributed by atoms with Gasteiger partial charge in [-0.2, -0.15) is 4.98 Å². The van der Waals surface area contributed by atoms with Crippen LogP contribution < -0.4 is 10.2 Å². The van der Waals surface area contributed by atoms with Crippen molar-refractivity contribution in [2.45, 2.75) is 58.2 Å². The molecule has 5 heteroatoms. The Kier molecular flexibility index (Phi) is 4.80. The van der Waals surface area contributed by atoms with Crippen LogP contribution in [0.4, 0.5) is 6.01 Å². The molecule has 2 aliphatic rings. The predicted molar refractivity (Wildman–Crippen MR) is 84.5 cm³/mol. The van der Waals surface area contributed by atoms with Gasteiger partial charge in [-0.25, -0.2) is 0 Å². The van der Waals surface area contributed by atoms with E-state index in [1.54, 1.807) is 6.26 Å². The van der Waals surface area contributed by atoms with Gasteiger partial charge in [-0.05, 0) is 12.8 Å². The Morgan fingerprint density at radius 2 is 1.95 bits per heavy atom. The molecule has 1 saturated carbocycles. The lowest BCUT2D eigenvalue weighted by Gasteiger charge is -2.37. The molecule has 1 aliphatic heterocycles. The summed E-state index contributed by atoms with van der Waals surface area (Å²) in [6.07, 6.45) is 7.40. The second-order valence-electron chi connectivity index (χ2n) is 6.62. The predicted octanol–water partition coefficient (Wildman–Crippen LogP) is 2.24. The van der Waals surface area contributed by atoms with Crippen LogP contribution in [0.3, 0.4) is 0 Å². The molecule has 0 aromatic carbocycles. The Bertz CT molecular complexity index is 431. The van der Waals surface area contributed by atoms with Crippen LogP contribution >= 0.6 is 0 Å². The summed E-state index contributed by atoms with van der Waals surface area (Å²) in [7, 11) is 0. The topological polar surface area (TPSA) is 44.5 Å². The first-order chi connectivity index (χ1) is 10.2. The smallest absolute Gasteiger partial charge is 0.297 e. The van der Waals surface area contributed by atoms with Gasteiger partial charge in [0.05, 0.1) is 5.69 Å². The van der Waals surface area contributed by atoms with Gasteiger partial charge >= 0.3 is 0 Å². The number of aromatic nitrogens is 1. The third kappa shape index (κ3) is 3.77. The fraction of sp³-hybridized carbons (Fsp3) is 0.812. The number of nitrogens with zero attached hydrogens (tertiary/aromatic N) is 3. The highest BCUT2D eigenvalue weighted by atomic mass is 16.4. The molecule has 21 heavy (non-hydrogen) atoms. The van der Waals surface area contributed by atoms with Crippen LogP contribution in [0.25, 0.3) is 0 Å². The quantitative estimate of drug-likeness (QED) is 0.901. The molecule has 1 N–H and O–H groups in total. The Morgan fingerprint density at radius 1 is 1.24 bits per heavy atom. The molecular weight excluding hydrogens is 264 g/mol. The molecule has 0 atom stereocenters. The Morgan fingerprint density at radius 3 is 2.62 bits per heavy atom. The molecule has 0 bridgehead atoms. The van der Waals surface area contributed by atoms with Crippen LogP contribution in [0.1, 0.15) is 45.2 Å². The van der Waals surface area contributed by atoms with Crippen LogP contribution in [0.15, 0.2) is 10.7 Å². The zero-order valence-electron chi connectivity index (χ0n) is 13.3. The number of piperazine rings is 1. The van der Waals surface area contributed by atoms with Gasteiger partial charge in [-0.15, -0.1) is 0 Å². The van der Waals surface area contributed by atoms with Gasteiger partial charge in [0.1, 0.15) is 6.26 Å². The number of nitrogens with one attached hydrogen (secondary N) is 1. The normalized spacial score (nSPS) is 21.6. The third-order valence-electron chi connectivity index (χ3n) is 4.66. The van der Waals surface area contributed by atoms with Gasteiger partial charge in [0.15, 0.2) is 0 Å². The molecule has 118 valence electrons. The minimum atomic E-state index is 0.472. The summed E-state index contributed by atoms with van der Waals surface area (Å²) in [4.78, 5) is 9.55. The van der Waals surface area contributed by atoms with Crippen molar-refractivity contribution < 1.29 is 4.42 Å². The number of hydrogen-bond acceptors (Lipinski definition) is 5. The standard InChI is InChI=1S/C16H28N4O/c1-13(2)17-11-14-12-21-16(18-14)20-9-7-19(8-10-20)15-5-3-4-6-15/h12-13,15,17H,3-11H2,1-2H3. The second-order valence-corrected chi connectivity index (χ2v) is 6.62. The average molecular weight is 292 g/mol. The largest absolute Gasteiger partial charge is 0.432 e. The molecule has 0 spiro atoms. The minimum absolute atomic E-state index is 0.472. The summed E-state index contributed by atoms with van der Waals surface area (Å²) in [5.74, 6) is 0. The summed E-state index contributed by atoms with van der Waals surface area (Å²) in [5, 5.41) is 3.37. The van der Waals surface area contributed by atoms with Gasteiger partial charge in [0.2, 0.25) is 0 Å². The van der Waals surface area contributed by atoms with Crippen molar-refractivity contribution in [3.05, 3.63) is 12.0 Å². The summed E-state index contributed by atoms with van der Waals surface area (Å²) in [5.41, 5.74) is 0.997. The van der Waals surface area contributed by atoms with Crippen molar-refractivity contribution in [3.8, 4) is 0 Å². The van der Waals surface area contributed by atoms with E-state index in [1.807, 2.05) is 0 Å². The first-order valence-corrected chi connectivity index (χ1v) is 8.39. The lowest BCUT2D eigenvalue weighted by atomic mass is 10.2. The fourth-order valence-corrected chi connectivity index (χ4v) is 3.38. The lowest BCUT2D eigenvalue weighted by molar-refractivity contribution is 0.185. The van der Waals surface area contributed by atoms with Crippen molar-refractivity contribution >= 4 is 6.01 Å². The van der Waals surface area contributed by atoms with E-state index in [9.17, 15) is 0 Å². The lowest BCUT2D eigenvalue weighted by Crippen LogP contribution is -2.49. The van der Waals surface area contributed by atoms with Gasteiger partial charge in [-0.1, -0.05) is 26.7 Å². The van der Waals surface area contributed by atoms with E-state index < -0.39 is 0 Å². The first kappa shape index (κ1) is 14.9. The summed E-state index contributed by atoms with van der Waals surface area (Å²) >= 11 is 0. The second kappa shape index (κ2) is 6.79. The van der Waals surface area contributed by atoms with Crippen LogP contribution in [0.2, 0.25) is 0 Å². The molecule has 2 heterocycles. The highest BCUT2D eigenvalue weighted by Crippen LogP contribution is 2.25. The maximum absolute atomic E-state index is 5.65. The molecule has 0 radical (unpaired) electrons. The van der Waals surface area contributed by atoms with Crippen molar-refractivity contribution in [2.75, 3.05) is 31.1 Å². The maximum atomic E-state index is 5.65. The molecule has 1 aliphatic carbocycles. The molecule has 3 rings (SSSR count).